The summed E-state index contributed by atoms with van der Waals surface area (Å²) in [6.07, 6.45) is 2.87. The van der Waals surface area contributed by atoms with Gasteiger partial charge in [0.05, 0.1) is 5.54 Å². The molecule has 2 rings (SSSR count). The molecule has 0 radical (unpaired) electrons. The third-order valence-corrected chi connectivity index (χ3v) is 4.94. The Hall–Kier alpha value is -1.00. The van der Waals surface area contributed by atoms with E-state index in [1.165, 1.54) is 10.5 Å². The van der Waals surface area contributed by atoms with Gasteiger partial charge in [0.1, 0.15) is 6.17 Å². The summed E-state index contributed by atoms with van der Waals surface area (Å²) >= 11 is 1.74. The van der Waals surface area contributed by atoms with E-state index in [1.807, 2.05) is 11.8 Å². The molecule has 3 nitrogen and oxygen atoms in total. The largest absolute Gasteiger partial charge is 0.321 e. The fraction of sp³-hybridized carbons (Fsp3) is 0.588. The van der Waals surface area contributed by atoms with E-state index in [0.29, 0.717) is 5.92 Å². The van der Waals surface area contributed by atoms with Crippen molar-refractivity contribution in [3.8, 4) is 0 Å². The fourth-order valence-electron chi connectivity index (χ4n) is 2.76. The quantitative estimate of drug-likeness (QED) is 0.843. The highest BCUT2D eigenvalue weighted by Gasteiger charge is 2.47. The Morgan fingerprint density at radius 3 is 2.43 bits per heavy atom. The topological polar surface area (TPSA) is 32.3 Å². The average Bonchev–Trinajstić information content (AvgIpc) is 2.73. The SMILES string of the molecule is CCC1(C)NC(c2ccc(SC)cc2)N(CC(C)C)C1=O. The summed E-state index contributed by atoms with van der Waals surface area (Å²) in [5, 5.41) is 3.55. The van der Waals surface area contributed by atoms with Crippen LogP contribution in [0.3, 0.4) is 0 Å². The molecule has 1 fully saturated rings. The maximum absolute atomic E-state index is 12.8. The van der Waals surface area contributed by atoms with E-state index < -0.39 is 5.54 Å². The number of amides is 1. The summed E-state index contributed by atoms with van der Waals surface area (Å²) in [6.45, 7) is 9.18. The summed E-state index contributed by atoms with van der Waals surface area (Å²) < 4.78 is 0. The lowest BCUT2D eigenvalue weighted by Crippen LogP contribution is -2.43. The van der Waals surface area contributed by atoms with Crippen molar-refractivity contribution >= 4 is 17.7 Å². The van der Waals surface area contributed by atoms with Crippen LogP contribution in [0.2, 0.25) is 0 Å². The predicted octanol–water partition coefficient (Wildman–Crippen LogP) is 3.66. The molecule has 1 amide bonds. The monoisotopic (exact) mass is 306 g/mol. The number of nitrogens with one attached hydrogen (secondary N) is 1. The van der Waals surface area contributed by atoms with E-state index in [0.717, 1.165) is 13.0 Å². The molecule has 0 bridgehead atoms. The molecule has 1 heterocycles. The van der Waals surface area contributed by atoms with Crippen molar-refractivity contribution < 1.29 is 4.79 Å². The van der Waals surface area contributed by atoms with Gasteiger partial charge in [0, 0.05) is 11.4 Å². The maximum atomic E-state index is 12.8. The van der Waals surface area contributed by atoms with Crippen LogP contribution in [0.5, 0.6) is 0 Å². The number of carbonyl (C=O) groups is 1. The van der Waals surface area contributed by atoms with Gasteiger partial charge in [-0.25, -0.2) is 0 Å². The Balaban J connectivity index is 2.31. The second kappa shape index (κ2) is 6.41. The van der Waals surface area contributed by atoms with Crippen molar-refractivity contribution in [3.63, 3.8) is 0 Å². The molecule has 0 aromatic heterocycles. The smallest absolute Gasteiger partial charge is 0.244 e. The normalized spacial score (nSPS) is 25.9. The van der Waals surface area contributed by atoms with Gasteiger partial charge < -0.3 is 4.90 Å². The molecule has 1 aliphatic heterocycles. The molecule has 1 N–H and O–H groups in total. The third-order valence-electron chi connectivity index (χ3n) is 4.20. The van der Waals surface area contributed by atoms with Crippen molar-refractivity contribution in [2.45, 2.75) is 50.7 Å². The van der Waals surface area contributed by atoms with Crippen LogP contribution >= 0.6 is 11.8 Å². The van der Waals surface area contributed by atoms with Crippen LogP contribution in [-0.4, -0.2) is 29.1 Å². The zero-order valence-electron chi connectivity index (χ0n) is 13.6. The Labute approximate surface area is 132 Å². The van der Waals surface area contributed by atoms with Gasteiger partial charge in [-0.2, -0.15) is 0 Å². The van der Waals surface area contributed by atoms with Crippen molar-refractivity contribution in [2.75, 3.05) is 12.8 Å². The van der Waals surface area contributed by atoms with E-state index in [2.05, 4.69) is 56.6 Å². The van der Waals surface area contributed by atoms with Gasteiger partial charge >= 0.3 is 0 Å². The summed E-state index contributed by atoms with van der Waals surface area (Å²) in [7, 11) is 0. The number of hydrogen-bond acceptors (Lipinski definition) is 3. The van der Waals surface area contributed by atoms with Crippen LogP contribution in [0.25, 0.3) is 0 Å². The number of benzene rings is 1. The zero-order valence-corrected chi connectivity index (χ0v) is 14.5. The number of carbonyl (C=O) groups excluding carboxylic acids is 1. The molecule has 2 unspecified atom stereocenters. The van der Waals surface area contributed by atoms with Crippen LogP contribution in [-0.2, 0) is 4.79 Å². The molecular formula is C17H26N2OS. The first-order chi connectivity index (χ1) is 9.91. The van der Waals surface area contributed by atoms with Crippen molar-refractivity contribution in [1.29, 1.82) is 0 Å². The van der Waals surface area contributed by atoms with Gasteiger partial charge in [-0.05, 0) is 43.2 Å². The zero-order chi connectivity index (χ0) is 15.6. The summed E-state index contributed by atoms with van der Waals surface area (Å²) in [4.78, 5) is 16.0. The van der Waals surface area contributed by atoms with E-state index in [4.69, 9.17) is 0 Å². The Morgan fingerprint density at radius 1 is 1.33 bits per heavy atom. The molecule has 0 saturated carbocycles. The molecule has 0 spiro atoms. The Bertz CT molecular complexity index is 500. The number of rotatable bonds is 5. The highest BCUT2D eigenvalue weighted by atomic mass is 32.2. The number of thioether (sulfide) groups is 1. The van der Waals surface area contributed by atoms with Gasteiger partial charge in [-0.15, -0.1) is 11.8 Å². The standard InChI is InChI=1S/C17H26N2OS/c1-6-17(4)16(20)19(11-12(2)3)15(18-17)13-7-9-14(21-5)10-8-13/h7-10,12,15,18H,6,11H2,1-5H3. The first-order valence-electron chi connectivity index (χ1n) is 7.64. The lowest BCUT2D eigenvalue weighted by molar-refractivity contribution is -0.133. The second-order valence-corrected chi connectivity index (χ2v) is 7.24. The highest BCUT2D eigenvalue weighted by Crippen LogP contribution is 2.33. The van der Waals surface area contributed by atoms with E-state index in [-0.39, 0.29) is 12.1 Å². The predicted molar refractivity (Wildman–Crippen MR) is 89.3 cm³/mol. The van der Waals surface area contributed by atoms with Gasteiger partial charge in [0.2, 0.25) is 5.91 Å². The van der Waals surface area contributed by atoms with Crippen LogP contribution in [0.1, 0.15) is 45.8 Å². The van der Waals surface area contributed by atoms with Crippen LogP contribution in [0.4, 0.5) is 0 Å². The molecule has 0 aliphatic carbocycles. The average molecular weight is 306 g/mol. The van der Waals surface area contributed by atoms with Crippen LogP contribution in [0.15, 0.2) is 29.2 Å². The summed E-state index contributed by atoms with van der Waals surface area (Å²) in [6, 6.07) is 8.51. The number of hydrogen-bond donors (Lipinski definition) is 1. The van der Waals surface area contributed by atoms with E-state index >= 15 is 0 Å². The van der Waals surface area contributed by atoms with Gasteiger partial charge in [-0.3, -0.25) is 10.1 Å². The summed E-state index contributed by atoms with van der Waals surface area (Å²) in [5.74, 6) is 0.681. The molecule has 1 aromatic carbocycles. The Kier molecular flexibility index (Phi) is 4.99. The molecule has 2 atom stereocenters. The van der Waals surface area contributed by atoms with E-state index in [1.54, 1.807) is 11.8 Å². The van der Waals surface area contributed by atoms with Crippen molar-refractivity contribution in [2.24, 2.45) is 5.92 Å². The van der Waals surface area contributed by atoms with Crippen molar-refractivity contribution in [1.82, 2.24) is 10.2 Å². The molecule has 1 saturated heterocycles. The third kappa shape index (κ3) is 3.27. The minimum Gasteiger partial charge on any atom is -0.321 e. The lowest BCUT2D eigenvalue weighted by atomic mass is 9.99. The van der Waals surface area contributed by atoms with Crippen LogP contribution < -0.4 is 5.32 Å². The summed E-state index contributed by atoms with van der Waals surface area (Å²) in [5.41, 5.74) is 0.719. The minimum absolute atomic E-state index is 0.0132. The second-order valence-electron chi connectivity index (χ2n) is 6.36. The molecule has 4 heteroatoms. The highest BCUT2D eigenvalue weighted by molar-refractivity contribution is 7.98. The maximum Gasteiger partial charge on any atom is 0.244 e. The first kappa shape index (κ1) is 16.4. The molecular weight excluding hydrogens is 280 g/mol. The molecule has 21 heavy (non-hydrogen) atoms. The van der Waals surface area contributed by atoms with Crippen molar-refractivity contribution in [3.05, 3.63) is 29.8 Å². The minimum atomic E-state index is -0.447. The number of nitrogens with zero attached hydrogens (tertiary/aromatic N) is 1. The van der Waals surface area contributed by atoms with Gasteiger partial charge in [0.25, 0.3) is 0 Å². The fourth-order valence-corrected chi connectivity index (χ4v) is 3.17. The lowest BCUT2D eigenvalue weighted by Gasteiger charge is -2.26. The van der Waals surface area contributed by atoms with Gasteiger partial charge in [-0.1, -0.05) is 32.9 Å². The Morgan fingerprint density at radius 2 is 1.95 bits per heavy atom. The van der Waals surface area contributed by atoms with E-state index in [9.17, 15) is 4.79 Å². The van der Waals surface area contributed by atoms with Crippen LogP contribution in [0, 0.1) is 5.92 Å². The van der Waals surface area contributed by atoms with Gasteiger partial charge in [0.15, 0.2) is 0 Å². The molecule has 116 valence electrons. The first-order valence-corrected chi connectivity index (χ1v) is 8.86. The molecule has 1 aliphatic rings. The molecule has 1 aromatic rings.